The monoisotopic (exact) mass is 414 g/mol. The van der Waals surface area contributed by atoms with Gasteiger partial charge in [0, 0.05) is 41.9 Å². The van der Waals surface area contributed by atoms with E-state index < -0.39 is 0 Å². The van der Waals surface area contributed by atoms with Crippen molar-refractivity contribution in [1.29, 1.82) is 0 Å². The number of fused-ring (bicyclic) bond motifs is 1. The maximum absolute atomic E-state index is 12.6. The van der Waals surface area contributed by atoms with Crippen molar-refractivity contribution in [2.75, 3.05) is 7.05 Å². The Morgan fingerprint density at radius 3 is 2.58 bits per heavy atom. The van der Waals surface area contributed by atoms with E-state index in [1.807, 2.05) is 62.7 Å². The predicted octanol–water partition coefficient (Wildman–Crippen LogP) is 4.01. The molecule has 0 bridgehead atoms. The van der Waals surface area contributed by atoms with E-state index in [4.69, 9.17) is 0 Å². The van der Waals surface area contributed by atoms with Crippen LogP contribution in [0.15, 0.2) is 34.8 Å². The van der Waals surface area contributed by atoms with Crippen molar-refractivity contribution in [2.24, 2.45) is 0 Å². The fourth-order valence-corrected chi connectivity index (χ4v) is 3.44. The first-order chi connectivity index (χ1) is 12.3. The average Bonchev–Trinajstić information content (AvgIpc) is 2.97. The summed E-state index contributed by atoms with van der Waals surface area (Å²) < 4.78 is 2.91. The van der Waals surface area contributed by atoms with E-state index in [1.165, 1.54) is 0 Å². The molecule has 0 unspecified atom stereocenters. The summed E-state index contributed by atoms with van der Waals surface area (Å²) in [7, 11) is 1.85. The lowest BCUT2D eigenvalue weighted by Gasteiger charge is -2.18. The zero-order chi connectivity index (χ0) is 18.8. The Hall–Kier alpha value is -2.21. The number of carbonyl (C=O) groups is 1. The lowest BCUT2D eigenvalue weighted by molar-refractivity contribution is -0.130. The normalized spacial score (nSPS) is 11.1. The lowest BCUT2D eigenvalue weighted by Crippen LogP contribution is -2.26. The summed E-state index contributed by atoms with van der Waals surface area (Å²) in [4.78, 5) is 19.0. The topological polar surface area (TPSA) is 50.5 Å². The van der Waals surface area contributed by atoms with E-state index in [9.17, 15) is 4.79 Å². The molecule has 0 radical (unpaired) electrons. The van der Waals surface area contributed by atoms with Gasteiger partial charge in [-0.25, -0.2) is 9.50 Å². The van der Waals surface area contributed by atoms with Gasteiger partial charge in [0.05, 0.1) is 5.69 Å². The molecule has 0 aliphatic carbocycles. The maximum Gasteiger partial charge on any atom is 0.222 e. The minimum atomic E-state index is 0.128. The lowest BCUT2D eigenvalue weighted by atomic mass is 10.1. The molecule has 0 saturated heterocycles. The number of benzene rings is 1. The van der Waals surface area contributed by atoms with Crippen molar-refractivity contribution in [3.05, 3.63) is 63.0 Å². The summed E-state index contributed by atoms with van der Waals surface area (Å²) >= 11 is 3.43. The zero-order valence-electron chi connectivity index (χ0n) is 15.6. The summed E-state index contributed by atoms with van der Waals surface area (Å²) in [6, 6.07) is 10.0. The number of hydrogen-bond acceptors (Lipinski definition) is 3. The summed E-state index contributed by atoms with van der Waals surface area (Å²) in [6.45, 7) is 6.61. The molecule has 26 heavy (non-hydrogen) atoms. The molecule has 3 aromatic rings. The Morgan fingerprint density at radius 2 is 1.88 bits per heavy atom. The standard InChI is InChI=1S/C20H23BrN4O/c1-13-11-19-22-14(2)18(15(3)25(19)23-13)9-10-20(26)24(4)12-16-5-7-17(21)8-6-16/h5-8,11H,9-10,12H2,1-4H3. The molecule has 2 aromatic heterocycles. The van der Waals surface area contributed by atoms with Crippen molar-refractivity contribution in [3.8, 4) is 0 Å². The van der Waals surface area contributed by atoms with E-state index in [0.717, 1.165) is 38.3 Å². The van der Waals surface area contributed by atoms with Crippen LogP contribution in [0, 0.1) is 20.8 Å². The Kier molecular flexibility index (Phi) is 5.41. The average molecular weight is 415 g/mol. The largest absolute Gasteiger partial charge is 0.341 e. The third-order valence-electron chi connectivity index (χ3n) is 4.63. The third kappa shape index (κ3) is 3.96. The minimum absolute atomic E-state index is 0.128. The number of carbonyl (C=O) groups excluding carboxylic acids is 1. The van der Waals surface area contributed by atoms with Crippen LogP contribution in [0.5, 0.6) is 0 Å². The highest BCUT2D eigenvalue weighted by Gasteiger charge is 2.15. The fraction of sp³-hybridized carbons (Fsp3) is 0.350. The van der Waals surface area contributed by atoms with Gasteiger partial charge >= 0.3 is 0 Å². The highest BCUT2D eigenvalue weighted by molar-refractivity contribution is 9.10. The molecule has 0 N–H and O–H groups in total. The van der Waals surface area contributed by atoms with Crippen LogP contribution in [0.1, 0.15) is 34.6 Å². The molecular weight excluding hydrogens is 392 g/mol. The first kappa shape index (κ1) is 18.6. The molecule has 0 aliphatic heterocycles. The Balaban J connectivity index is 1.69. The minimum Gasteiger partial charge on any atom is -0.341 e. The molecule has 0 fully saturated rings. The van der Waals surface area contributed by atoms with Gasteiger partial charge in [-0.05, 0) is 50.5 Å². The molecule has 1 amide bonds. The molecule has 0 atom stereocenters. The maximum atomic E-state index is 12.6. The molecule has 1 aromatic carbocycles. The van der Waals surface area contributed by atoms with Gasteiger partial charge in [0.2, 0.25) is 5.91 Å². The van der Waals surface area contributed by atoms with Crippen LogP contribution in [0.4, 0.5) is 0 Å². The second-order valence-corrected chi connectivity index (χ2v) is 7.61. The van der Waals surface area contributed by atoms with E-state index >= 15 is 0 Å². The second-order valence-electron chi connectivity index (χ2n) is 6.69. The summed E-state index contributed by atoms with van der Waals surface area (Å²) in [6.07, 6.45) is 1.13. The third-order valence-corrected chi connectivity index (χ3v) is 5.16. The number of rotatable bonds is 5. The van der Waals surface area contributed by atoms with E-state index in [2.05, 4.69) is 26.0 Å². The van der Waals surface area contributed by atoms with E-state index in [0.29, 0.717) is 19.4 Å². The summed E-state index contributed by atoms with van der Waals surface area (Å²) in [5.74, 6) is 0.128. The van der Waals surface area contributed by atoms with Gasteiger partial charge in [-0.15, -0.1) is 0 Å². The van der Waals surface area contributed by atoms with Crippen LogP contribution in [-0.4, -0.2) is 32.5 Å². The second kappa shape index (κ2) is 7.58. The number of halogens is 1. The highest BCUT2D eigenvalue weighted by Crippen LogP contribution is 2.18. The van der Waals surface area contributed by atoms with Gasteiger partial charge < -0.3 is 4.90 Å². The zero-order valence-corrected chi connectivity index (χ0v) is 17.2. The Bertz CT molecular complexity index is 947. The molecule has 6 heteroatoms. The fourth-order valence-electron chi connectivity index (χ4n) is 3.18. The van der Waals surface area contributed by atoms with Gasteiger partial charge in [-0.1, -0.05) is 28.1 Å². The van der Waals surface area contributed by atoms with Crippen molar-refractivity contribution < 1.29 is 4.79 Å². The van der Waals surface area contributed by atoms with Crippen LogP contribution in [0.2, 0.25) is 0 Å². The highest BCUT2D eigenvalue weighted by atomic mass is 79.9. The smallest absolute Gasteiger partial charge is 0.222 e. The van der Waals surface area contributed by atoms with Crippen molar-refractivity contribution in [2.45, 2.75) is 40.2 Å². The van der Waals surface area contributed by atoms with Crippen LogP contribution < -0.4 is 0 Å². The molecule has 136 valence electrons. The number of aryl methyl sites for hydroxylation is 3. The number of nitrogens with zero attached hydrogens (tertiary/aromatic N) is 4. The summed E-state index contributed by atoms with van der Waals surface area (Å²) in [5, 5.41) is 4.49. The van der Waals surface area contributed by atoms with E-state index in [1.54, 1.807) is 4.90 Å². The first-order valence-electron chi connectivity index (χ1n) is 8.66. The van der Waals surface area contributed by atoms with Gasteiger partial charge in [-0.3, -0.25) is 4.79 Å². The van der Waals surface area contributed by atoms with Crippen molar-refractivity contribution in [3.63, 3.8) is 0 Å². The molecule has 5 nitrogen and oxygen atoms in total. The first-order valence-corrected chi connectivity index (χ1v) is 9.45. The van der Waals surface area contributed by atoms with Gasteiger partial charge in [-0.2, -0.15) is 5.10 Å². The Labute approximate surface area is 162 Å². The number of aromatic nitrogens is 3. The quantitative estimate of drug-likeness (QED) is 0.633. The van der Waals surface area contributed by atoms with Crippen LogP contribution in [-0.2, 0) is 17.8 Å². The Morgan fingerprint density at radius 1 is 1.19 bits per heavy atom. The van der Waals surface area contributed by atoms with E-state index in [-0.39, 0.29) is 5.91 Å². The van der Waals surface area contributed by atoms with Crippen molar-refractivity contribution >= 4 is 27.5 Å². The van der Waals surface area contributed by atoms with Crippen LogP contribution in [0.3, 0.4) is 0 Å². The molecule has 2 heterocycles. The van der Waals surface area contributed by atoms with Gasteiger partial charge in [0.15, 0.2) is 5.65 Å². The molecular formula is C20H23BrN4O. The van der Waals surface area contributed by atoms with Gasteiger partial charge in [0.25, 0.3) is 0 Å². The summed E-state index contributed by atoms with van der Waals surface area (Å²) in [5.41, 5.74) is 6.06. The van der Waals surface area contributed by atoms with Crippen LogP contribution in [0.25, 0.3) is 5.65 Å². The predicted molar refractivity (Wildman–Crippen MR) is 106 cm³/mol. The molecule has 0 saturated carbocycles. The van der Waals surface area contributed by atoms with Crippen LogP contribution >= 0.6 is 15.9 Å². The SMILES string of the molecule is Cc1cc2nc(C)c(CCC(=O)N(C)Cc3ccc(Br)cc3)c(C)n2n1. The number of hydrogen-bond donors (Lipinski definition) is 0. The molecule has 3 rings (SSSR count). The molecule has 0 aliphatic rings. The molecule has 0 spiro atoms. The number of amides is 1. The van der Waals surface area contributed by atoms with Crippen molar-refractivity contribution in [1.82, 2.24) is 19.5 Å². The van der Waals surface area contributed by atoms with Gasteiger partial charge in [0.1, 0.15) is 0 Å².